The van der Waals surface area contributed by atoms with Crippen LogP contribution in [0.3, 0.4) is 0 Å². The number of aliphatic imine (C=N–C) groups is 1. The number of guanidine groups is 1. The second kappa shape index (κ2) is 10.4. The lowest BCUT2D eigenvalue weighted by atomic mass is 10.1. The third-order valence-electron chi connectivity index (χ3n) is 5.10. The maximum atomic E-state index is 4.35. The maximum Gasteiger partial charge on any atom is 0.191 e. The maximum absolute atomic E-state index is 4.35. The van der Waals surface area contributed by atoms with Crippen molar-refractivity contribution < 1.29 is 0 Å². The number of hydrogen-bond acceptors (Lipinski definition) is 4. The number of nitrogens with one attached hydrogen (secondary N) is 2. The molecule has 0 atom stereocenters. The molecular formula is C21H31N5S. The van der Waals surface area contributed by atoms with Gasteiger partial charge in [0.1, 0.15) is 0 Å². The summed E-state index contributed by atoms with van der Waals surface area (Å²) < 4.78 is 0. The van der Waals surface area contributed by atoms with Crippen molar-refractivity contribution in [3.63, 3.8) is 0 Å². The number of rotatable bonds is 7. The van der Waals surface area contributed by atoms with Gasteiger partial charge in [-0.25, -0.2) is 0 Å². The minimum Gasteiger partial charge on any atom is -0.352 e. The van der Waals surface area contributed by atoms with E-state index in [1.807, 2.05) is 7.05 Å². The van der Waals surface area contributed by atoms with E-state index in [0.29, 0.717) is 0 Å². The second-order valence-electron chi connectivity index (χ2n) is 6.84. The van der Waals surface area contributed by atoms with Crippen molar-refractivity contribution >= 4 is 17.3 Å². The Morgan fingerprint density at radius 2 is 1.67 bits per heavy atom. The van der Waals surface area contributed by atoms with Crippen LogP contribution in [0.5, 0.6) is 0 Å². The zero-order chi connectivity index (χ0) is 18.9. The summed E-state index contributed by atoms with van der Waals surface area (Å²) in [5.41, 5.74) is 2.75. The predicted molar refractivity (Wildman–Crippen MR) is 115 cm³/mol. The number of hydrogen-bond donors (Lipinski definition) is 2. The predicted octanol–water partition coefficient (Wildman–Crippen LogP) is 2.75. The van der Waals surface area contributed by atoms with Crippen LogP contribution in [0, 0.1) is 0 Å². The van der Waals surface area contributed by atoms with E-state index in [0.717, 1.165) is 45.2 Å². The van der Waals surface area contributed by atoms with Gasteiger partial charge < -0.3 is 15.5 Å². The number of benzene rings is 1. The van der Waals surface area contributed by atoms with Crippen LogP contribution in [-0.4, -0.2) is 55.5 Å². The zero-order valence-corrected chi connectivity index (χ0v) is 17.3. The monoisotopic (exact) mass is 385 g/mol. The molecule has 1 fully saturated rings. The van der Waals surface area contributed by atoms with E-state index in [2.05, 4.69) is 74.1 Å². The Bertz CT molecular complexity index is 705. The average molecular weight is 386 g/mol. The summed E-state index contributed by atoms with van der Waals surface area (Å²) in [5, 5.41) is 8.95. The van der Waals surface area contributed by atoms with Gasteiger partial charge in [0.15, 0.2) is 5.96 Å². The molecule has 2 N–H and O–H groups in total. The van der Waals surface area contributed by atoms with Crippen molar-refractivity contribution in [2.24, 2.45) is 4.99 Å². The minimum atomic E-state index is 0.787. The van der Waals surface area contributed by atoms with Crippen molar-refractivity contribution in [3.8, 4) is 0 Å². The molecule has 146 valence electrons. The zero-order valence-electron chi connectivity index (χ0n) is 16.4. The molecule has 0 aliphatic carbocycles. The van der Waals surface area contributed by atoms with Gasteiger partial charge in [-0.3, -0.25) is 9.89 Å². The van der Waals surface area contributed by atoms with E-state index < -0.39 is 0 Å². The Morgan fingerprint density at radius 3 is 2.33 bits per heavy atom. The number of likely N-dealkylation sites (N-methyl/N-ethyl adjacent to an activating group) is 1. The minimum absolute atomic E-state index is 0.787. The molecule has 1 aliphatic rings. The smallest absolute Gasteiger partial charge is 0.191 e. The van der Waals surface area contributed by atoms with Crippen LogP contribution in [-0.2, 0) is 19.6 Å². The first-order valence-corrected chi connectivity index (χ1v) is 10.6. The number of thiophene rings is 1. The third-order valence-corrected chi connectivity index (χ3v) is 5.98. The van der Waals surface area contributed by atoms with Crippen LogP contribution in [0.1, 0.15) is 22.9 Å². The summed E-state index contributed by atoms with van der Waals surface area (Å²) in [6, 6.07) is 13.0. The van der Waals surface area contributed by atoms with Crippen LogP contribution >= 0.6 is 11.3 Å². The molecule has 1 aromatic heterocycles. The van der Waals surface area contributed by atoms with E-state index in [4.69, 9.17) is 0 Å². The molecule has 0 bridgehead atoms. The molecular weight excluding hydrogens is 354 g/mol. The van der Waals surface area contributed by atoms with Crippen molar-refractivity contribution in [3.05, 3.63) is 57.8 Å². The molecule has 0 saturated carbocycles. The fraction of sp³-hybridized carbons (Fsp3) is 0.476. The topological polar surface area (TPSA) is 42.9 Å². The molecule has 0 amide bonds. The van der Waals surface area contributed by atoms with Gasteiger partial charge >= 0.3 is 0 Å². The van der Waals surface area contributed by atoms with Gasteiger partial charge in [-0.2, -0.15) is 0 Å². The van der Waals surface area contributed by atoms with E-state index in [-0.39, 0.29) is 0 Å². The molecule has 0 unspecified atom stereocenters. The number of nitrogens with zero attached hydrogens (tertiary/aromatic N) is 3. The van der Waals surface area contributed by atoms with Crippen molar-refractivity contribution in [1.29, 1.82) is 0 Å². The summed E-state index contributed by atoms with van der Waals surface area (Å²) in [4.78, 5) is 10.7. The molecule has 1 aromatic carbocycles. The van der Waals surface area contributed by atoms with Gasteiger partial charge in [0.25, 0.3) is 0 Å². The summed E-state index contributed by atoms with van der Waals surface area (Å²) in [7, 11) is 1.82. The molecule has 3 rings (SSSR count). The highest BCUT2D eigenvalue weighted by Gasteiger charge is 2.16. The van der Waals surface area contributed by atoms with Crippen LogP contribution < -0.4 is 10.6 Å². The Kier molecular flexibility index (Phi) is 7.68. The number of piperazine rings is 1. The van der Waals surface area contributed by atoms with Crippen LogP contribution in [0.25, 0.3) is 0 Å². The molecule has 6 heteroatoms. The summed E-state index contributed by atoms with van der Waals surface area (Å²) in [5.74, 6) is 0.842. The Labute approximate surface area is 167 Å². The third kappa shape index (κ3) is 6.06. The largest absolute Gasteiger partial charge is 0.352 e. The Hall–Kier alpha value is -1.89. The first-order valence-electron chi connectivity index (χ1n) is 9.77. The van der Waals surface area contributed by atoms with Gasteiger partial charge in [-0.15, -0.1) is 11.3 Å². The Morgan fingerprint density at radius 1 is 0.963 bits per heavy atom. The van der Waals surface area contributed by atoms with Gasteiger partial charge in [0, 0.05) is 51.2 Å². The molecule has 1 aliphatic heterocycles. The second-order valence-corrected chi connectivity index (χ2v) is 7.87. The quantitative estimate of drug-likeness (QED) is 0.568. The van der Waals surface area contributed by atoms with Gasteiger partial charge in [0.05, 0.1) is 6.54 Å². The van der Waals surface area contributed by atoms with Crippen molar-refractivity contribution in [1.82, 2.24) is 20.4 Å². The lowest BCUT2D eigenvalue weighted by molar-refractivity contribution is 0.131. The van der Waals surface area contributed by atoms with E-state index in [1.165, 1.54) is 29.1 Å². The normalized spacial score (nSPS) is 16.4. The molecule has 27 heavy (non-hydrogen) atoms. The molecule has 0 radical (unpaired) electrons. The molecule has 2 heterocycles. The summed E-state index contributed by atoms with van der Waals surface area (Å²) in [6.45, 7) is 10.7. The molecule has 1 saturated heterocycles. The van der Waals surface area contributed by atoms with Crippen molar-refractivity contribution in [2.75, 3.05) is 39.8 Å². The fourth-order valence-corrected chi connectivity index (χ4v) is 4.02. The van der Waals surface area contributed by atoms with Gasteiger partial charge in [-0.05, 0) is 29.1 Å². The standard InChI is InChI=1S/C21H31N5S/c1-3-25-10-12-26(13-11-25)17-19-8-5-4-7-18(19)15-23-21(22-2)24-16-20-9-6-14-27-20/h4-9,14H,3,10-13,15-17H2,1-2H3,(H2,22,23,24). The highest BCUT2D eigenvalue weighted by atomic mass is 32.1. The molecule has 0 spiro atoms. The highest BCUT2D eigenvalue weighted by molar-refractivity contribution is 7.09. The highest BCUT2D eigenvalue weighted by Crippen LogP contribution is 2.14. The lowest BCUT2D eigenvalue weighted by Crippen LogP contribution is -2.45. The summed E-state index contributed by atoms with van der Waals surface area (Å²) in [6.07, 6.45) is 0. The Balaban J connectivity index is 1.52. The fourth-order valence-electron chi connectivity index (χ4n) is 3.37. The molecule has 2 aromatic rings. The first-order chi connectivity index (χ1) is 13.3. The van der Waals surface area contributed by atoms with Crippen LogP contribution in [0.4, 0.5) is 0 Å². The van der Waals surface area contributed by atoms with E-state index in [9.17, 15) is 0 Å². The van der Waals surface area contributed by atoms with Crippen LogP contribution in [0.15, 0.2) is 46.8 Å². The lowest BCUT2D eigenvalue weighted by Gasteiger charge is -2.34. The van der Waals surface area contributed by atoms with E-state index >= 15 is 0 Å². The van der Waals surface area contributed by atoms with Crippen LogP contribution in [0.2, 0.25) is 0 Å². The van der Waals surface area contributed by atoms with Gasteiger partial charge in [0.2, 0.25) is 0 Å². The molecule has 5 nitrogen and oxygen atoms in total. The van der Waals surface area contributed by atoms with E-state index in [1.54, 1.807) is 11.3 Å². The van der Waals surface area contributed by atoms with Gasteiger partial charge in [-0.1, -0.05) is 37.3 Å². The SMILES string of the molecule is CCN1CCN(Cc2ccccc2CNC(=NC)NCc2cccs2)CC1. The first kappa shape index (κ1) is 19.9. The average Bonchev–Trinajstić information content (AvgIpc) is 3.23. The van der Waals surface area contributed by atoms with Crippen molar-refractivity contribution in [2.45, 2.75) is 26.6 Å². The summed E-state index contributed by atoms with van der Waals surface area (Å²) >= 11 is 1.76.